The lowest BCUT2D eigenvalue weighted by atomic mass is 10.00. The number of aryl methyl sites for hydroxylation is 1. The van der Waals surface area contributed by atoms with Gasteiger partial charge in [0.2, 0.25) is 0 Å². The van der Waals surface area contributed by atoms with Gasteiger partial charge >= 0.3 is 5.97 Å². The Morgan fingerprint density at radius 2 is 2.05 bits per heavy atom. The molecule has 0 aliphatic heterocycles. The number of esters is 1. The zero-order valence-corrected chi connectivity index (χ0v) is 12.1. The molecule has 5 nitrogen and oxygen atoms in total. The molecule has 108 valence electrons. The van der Waals surface area contributed by atoms with Crippen molar-refractivity contribution in [2.45, 2.75) is 45.6 Å². The third kappa shape index (κ3) is 5.33. The van der Waals surface area contributed by atoms with Gasteiger partial charge in [-0.2, -0.15) is 0 Å². The van der Waals surface area contributed by atoms with Crippen LogP contribution in [0.5, 0.6) is 0 Å². The monoisotopic (exact) mass is 275 g/mol. The predicted octanol–water partition coefficient (Wildman–Crippen LogP) is 4.33. The highest BCUT2D eigenvalue weighted by molar-refractivity contribution is 5.69. The largest absolute Gasteiger partial charge is 0.466 e. The Morgan fingerprint density at radius 3 is 2.60 bits per heavy atom. The molecule has 0 amide bonds. The summed E-state index contributed by atoms with van der Waals surface area (Å²) in [5.74, 6) is -0.256. The van der Waals surface area contributed by atoms with E-state index in [1.807, 2.05) is 24.3 Å². The normalized spacial score (nSPS) is 11.5. The number of hydrogen-bond acceptors (Lipinski definition) is 3. The maximum atomic E-state index is 11.4. The van der Waals surface area contributed by atoms with Crippen LogP contribution in [0.15, 0.2) is 29.4 Å². The van der Waals surface area contributed by atoms with Crippen LogP contribution in [0.2, 0.25) is 0 Å². The van der Waals surface area contributed by atoms with Crippen LogP contribution in [0.4, 0.5) is 0 Å². The highest BCUT2D eigenvalue weighted by Crippen LogP contribution is 2.24. The van der Waals surface area contributed by atoms with Gasteiger partial charge in [-0.25, -0.2) is 0 Å². The summed E-state index contributed by atoms with van der Waals surface area (Å²) in [6.45, 7) is 4.28. The third-order valence-corrected chi connectivity index (χ3v) is 3.02. The van der Waals surface area contributed by atoms with E-state index in [-0.39, 0.29) is 18.4 Å². The Labute approximate surface area is 119 Å². The van der Waals surface area contributed by atoms with Gasteiger partial charge in [0.05, 0.1) is 12.6 Å². The first-order chi connectivity index (χ1) is 9.71. The number of carbonyl (C=O) groups excluding carboxylic acids is 1. The second kappa shape index (κ2) is 8.99. The van der Waals surface area contributed by atoms with Gasteiger partial charge in [0.25, 0.3) is 0 Å². The van der Waals surface area contributed by atoms with Crippen molar-refractivity contribution in [3.63, 3.8) is 0 Å². The number of rotatable bonds is 8. The molecular weight excluding hydrogens is 254 g/mol. The summed E-state index contributed by atoms with van der Waals surface area (Å²) in [6.07, 6.45) is 2.86. The number of azide groups is 1. The zero-order valence-electron chi connectivity index (χ0n) is 12.1. The molecule has 0 saturated heterocycles. The standard InChI is InChI=1S/C15H21N3O2/c1-3-5-12-6-8-13(9-7-12)14(17-18-16)10-11-15(19)20-4-2/h6-9,14H,3-5,10-11H2,1-2H3. The Balaban J connectivity index is 2.69. The molecule has 1 aromatic carbocycles. The quantitative estimate of drug-likeness (QED) is 0.306. The molecule has 1 unspecified atom stereocenters. The second-order valence-corrected chi connectivity index (χ2v) is 4.56. The summed E-state index contributed by atoms with van der Waals surface area (Å²) in [5, 5.41) is 3.77. The summed E-state index contributed by atoms with van der Waals surface area (Å²) < 4.78 is 4.88. The number of ether oxygens (including phenoxy) is 1. The average Bonchev–Trinajstić information content (AvgIpc) is 2.45. The van der Waals surface area contributed by atoms with E-state index in [1.54, 1.807) is 6.92 Å². The van der Waals surface area contributed by atoms with E-state index in [2.05, 4.69) is 16.9 Å². The van der Waals surface area contributed by atoms with Gasteiger partial charge in [-0.15, -0.1) is 0 Å². The molecular formula is C15H21N3O2. The van der Waals surface area contributed by atoms with Gasteiger partial charge < -0.3 is 4.74 Å². The van der Waals surface area contributed by atoms with Crippen LogP contribution in [0, 0.1) is 0 Å². The molecule has 0 heterocycles. The molecule has 0 aromatic heterocycles. The van der Waals surface area contributed by atoms with Crippen molar-refractivity contribution >= 4 is 5.97 Å². The minimum Gasteiger partial charge on any atom is -0.466 e. The lowest BCUT2D eigenvalue weighted by molar-refractivity contribution is -0.143. The smallest absolute Gasteiger partial charge is 0.305 e. The summed E-state index contributed by atoms with van der Waals surface area (Å²) >= 11 is 0. The van der Waals surface area contributed by atoms with Crippen LogP contribution < -0.4 is 0 Å². The van der Waals surface area contributed by atoms with E-state index in [4.69, 9.17) is 10.3 Å². The molecule has 5 heteroatoms. The molecule has 0 aliphatic carbocycles. The highest BCUT2D eigenvalue weighted by Gasteiger charge is 2.12. The summed E-state index contributed by atoms with van der Waals surface area (Å²) in [7, 11) is 0. The van der Waals surface area contributed by atoms with Crippen molar-refractivity contribution in [2.75, 3.05) is 6.61 Å². The molecule has 1 rings (SSSR count). The molecule has 0 saturated carbocycles. The zero-order chi connectivity index (χ0) is 14.8. The van der Waals surface area contributed by atoms with Gasteiger partial charge in [0.1, 0.15) is 0 Å². The van der Waals surface area contributed by atoms with Gasteiger partial charge in [0.15, 0.2) is 0 Å². The van der Waals surface area contributed by atoms with Crippen LogP contribution >= 0.6 is 0 Å². The van der Waals surface area contributed by atoms with Crippen molar-refractivity contribution in [3.05, 3.63) is 45.8 Å². The fraction of sp³-hybridized carbons (Fsp3) is 0.533. The fourth-order valence-electron chi connectivity index (χ4n) is 2.04. The van der Waals surface area contributed by atoms with E-state index in [0.717, 1.165) is 18.4 Å². The number of hydrogen-bond donors (Lipinski definition) is 0. The number of carbonyl (C=O) groups is 1. The number of nitrogens with zero attached hydrogens (tertiary/aromatic N) is 3. The van der Waals surface area contributed by atoms with Crippen LogP contribution in [0.25, 0.3) is 10.4 Å². The Hall–Kier alpha value is -2.00. The van der Waals surface area contributed by atoms with Gasteiger partial charge in [-0.3, -0.25) is 4.79 Å². The van der Waals surface area contributed by atoms with Crippen molar-refractivity contribution in [1.29, 1.82) is 0 Å². The maximum absolute atomic E-state index is 11.4. The van der Waals surface area contributed by atoms with E-state index >= 15 is 0 Å². The second-order valence-electron chi connectivity index (χ2n) is 4.56. The van der Waals surface area contributed by atoms with E-state index in [0.29, 0.717) is 13.0 Å². The Morgan fingerprint density at radius 1 is 1.35 bits per heavy atom. The Bertz CT molecular complexity index is 465. The van der Waals surface area contributed by atoms with E-state index in [1.165, 1.54) is 5.56 Å². The Kier molecular flexibility index (Phi) is 7.22. The molecule has 20 heavy (non-hydrogen) atoms. The number of benzene rings is 1. The fourth-order valence-corrected chi connectivity index (χ4v) is 2.04. The molecule has 0 radical (unpaired) electrons. The minimum atomic E-state index is -0.319. The predicted molar refractivity (Wildman–Crippen MR) is 78.2 cm³/mol. The molecule has 0 aliphatic rings. The molecule has 0 N–H and O–H groups in total. The third-order valence-electron chi connectivity index (χ3n) is 3.02. The first-order valence-corrected chi connectivity index (χ1v) is 6.99. The molecule has 0 fully saturated rings. The van der Waals surface area contributed by atoms with Crippen LogP contribution in [0.1, 0.15) is 50.3 Å². The van der Waals surface area contributed by atoms with Crippen molar-refractivity contribution < 1.29 is 9.53 Å². The molecule has 0 bridgehead atoms. The minimum absolute atomic E-state index is 0.256. The van der Waals surface area contributed by atoms with Crippen molar-refractivity contribution in [1.82, 2.24) is 0 Å². The average molecular weight is 275 g/mol. The maximum Gasteiger partial charge on any atom is 0.305 e. The summed E-state index contributed by atoms with van der Waals surface area (Å²) in [5.41, 5.74) is 10.8. The van der Waals surface area contributed by atoms with Gasteiger partial charge in [-0.05, 0) is 36.4 Å². The van der Waals surface area contributed by atoms with Crippen molar-refractivity contribution in [3.8, 4) is 0 Å². The first-order valence-electron chi connectivity index (χ1n) is 6.99. The van der Waals surface area contributed by atoms with Crippen molar-refractivity contribution in [2.24, 2.45) is 5.11 Å². The van der Waals surface area contributed by atoms with E-state index < -0.39 is 0 Å². The highest BCUT2D eigenvalue weighted by atomic mass is 16.5. The molecule has 1 aromatic rings. The van der Waals surface area contributed by atoms with Crippen LogP contribution in [0.3, 0.4) is 0 Å². The lowest BCUT2D eigenvalue weighted by Gasteiger charge is -2.11. The lowest BCUT2D eigenvalue weighted by Crippen LogP contribution is -2.06. The van der Waals surface area contributed by atoms with Gasteiger partial charge in [-0.1, -0.05) is 42.7 Å². The summed E-state index contributed by atoms with van der Waals surface area (Å²) in [6, 6.07) is 7.71. The SMILES string of the molecule is CCCc1ccc(C(CCC(=O)OCC)N=[N+]=[N-])cc1. The van der Waals surface area contributed by atoms with Crippen LogP contribution in [-0.4, -0.2) is 12.6 Å². The van der Waals surface area contributed by atoms with E-state index in [9.17, 15) is 4.79 Å². The topological polar surface area (TPSA) is 75.1 Å². The molecule has 1 atom stereocenters. The van der Waals surface area contributed by atoms with Gasteiger partial charge in [0, 0.05) is 11.3 Å². The summed E-state index contributed by atoms with van der Waals surface area (Å²) in [4.78, 5) is 14.2. The first kappa shape index (κ1) is 16.1. The molecule has 0 spiro atoms. The van der Waals surface area contributed by atoms with Crippen LogP contribution in [-0.2, 0) is 16.0 Å².